The van der Waals surface area contributed by atoms with Crippen LogP contribution < -0.4 is 0 Å². The van der Waals surface area contributed by atoms with Crippen LogP contribution in [0.3, 0.4) is 0 Å². The Hall–Kier alpha value is 0.350. The Labute approximate surface area is 56.7 Å². The minimum Gasteiger partial charge on any atom is -0.356 e. The van der Waals surface area contributed by atoms with Crippen molar-refractivity contribution in [1.29, 1.82) is 0 Å². The minimum absolute atomic E-state index is 0.920. The van der Waals surface area contributed by atoms with Crippen LogP contribution in [0.15, 0.2) is 0 Å². The second-order valence-corrected chi connectivity index (χ2v) is 5.49. The molecule has 1 N–H and O–H groups in total. The summed E-state index contributed by atoms with van der Waals surface area (Å²) in [6.07, 6.45) is 5.41. The molecule has 0 bridgehead atoms. The van der Waals surface area contributed by atoms with Gasteiger partial charge in [0.1, 0.15) is 0 Å². The van der Waals surface area contributed by atoms with E-state index in [-0.39, 0.29) is 0 Å². The maximum Gasteiger partial charge on any atom is 0.0984 e. The summed E-state index contributed by atoms with van der Waals surface area (Å²) in [7, 11) is -0.220. The van der Waals surface area contributed by atoms with E-state index >= 15 is 0 Å². The van der Waals surface area contributed by atoms with Gasteiger partial charge in [-0.3, -0.25) is 0 Å². The van der Waals surface area contributed by atoms with E-state index in [0.29, 0.717) is 0 Å². The Morgan fingerprint density at radius 2 is 1.78 bits per heavy atom. The lowest BCUT2D eigenvalue weighted by atomic mass is 10.3. The molecule has 1 radical (unpaired) electrons. The predicted octanol–water partition coefficient (Wildman–Crippen LogP) is 1.66. The molecule has 0 spiro atoms. The summed E-state index contributed by atoms with van der Waals surface area (Å²) in [5, 5.41) is 0. The van der Waals surface area contributed by atoms with Gasteiger partial charge in [-0.25, -0.2) is 0 Å². The molecule has 1 saturated heterocycles. The topological polar surface area (TPSA) is 29.5 Å². The van der Waals surface area contributed by atoms with Crippen LogP contribution >= 0.6 is 7.72 Å². The van der Waals surface area contributed by atoms with Crippen molar-refractivity contribution in [3.05, 3.63) is 0 Å². The summed E-state index contributed by atoms with van der Waals surface area (Å²) >= 11 is 0. The summed E-state index contributed by atoms with van der Waals surface area (Å²) in [5.74, 6) is 0. The molecule has 1 rings (SSSR count). The molecule has 1 aliphatic heterocycles. The van der Waals surface area contributed by atoms with Gasteiger partial charge in [-0.15, -0.1) is 0 Å². The van der Waals surface area contributed by atoms with Crippen molar-refractivity contribution < 1.29 is 9.42 Å². The van der Waals surface area contributed by atoms with Crippen molar-refractivity contribution in [2.45, 2.75) is 19.3 Å². The fraction of sp³-hybridized carbons (Fsp3) is 1.00. The Balaban J connectivity index is 2.37. The fourth-order valence-electron chi connectivity index (χ4n) is 1.19. The lowest BCUT2D eigenvalue weighted by Gasteiger charge is -2.31. The van der Waals surface area contributed by atoms with Crippen molar-refractivity contribution in [3.63, 3.8) is 0 Å². The molecule has 0 aromatic carbocycles. The lowest BCUT2D eigenvalue weighted by molar-refractivity contribution is 0.354. The average molecular weight is 149 g/mol. The third kappa shape index (κ3) is 1.89. The molecule has 1 heterocycles. The van der Waals surface area contributed by atoms with Crippen molar-refractivity contribution in [2.24, 2.45) is 0 Å². The zero-order chi connectivity index (χ0) is 6.74. The molecule has 9 heavy (non-hydrogen) atoms. The van der Waals surface area contributed by atoms with E-state index < -0.39 is 7.72 Å². The highest BCUT2D eigenvalue weighted by Gasteiger charge is 2.25. The number of rotatable bonds is 1. The molecule has 0 aromatic heterocycles. The molecular weight excluding hydrogens is 135 g/mol. The van der Waals surface area contributed by atoms with Gasteiger partial charge in [0.25, 0.3) is 0 Å². The van der Waals surface area contributed by atoms with Crippen molar-refractivity contribution in [3.8, 4) is 0 Å². The molecule has 1 fully saturated rings. The monoisotopic (exact) mass is 149 g/mol. The van der Waals surface area contributed by atoms with E-state index in [2.05, 4.69) is 0 Å². The van der Waals surface area contributed by atoms with E-state index in [4.69, 9.17) is 4.52 Å². The Bertz CT molecular complexity index is 89.1. The third-order valence-electron chi connectivity index (χ3n) is 1.85. The van der Waals surface area contributed by atoms with Crippen LogP contribution in [0.1, 0.15) is 19.3 Å². The second-order valence-electron chi connectivity index (χ2n) is 2.54. The van der Waals surface area contributed by atoms with Crippen LogP contribution in [0, 0.1) is 0 Å². The summed E-state index contributed by atoms with van der Waals surface area (Å²) < 4.78 is 5.05. The van der Waals surface area contributed by atoms with Crippen LogP contribution in [0.4, 0.5) is 0 Å². The van der Waals surface area contributed by atoms with Gasteiger partial charge in [0.05, 0.1) is 7.72 Å². The number of hydrogen-bond donors (Lipinski definition) is 1. The minimum atomic E-state index is -1.84. The maximum atomic E-state index is 9.57. The first-order valence-electron chi connectivity index (χ1n) is 3.42. The van der Waals surface area contributed by atoms with Crippen molar-refractivity contribution >= 4 is 7.72 Å². The Morgan fingerprint density at radius 3 is 2.11 bits per heavy atom. The molecule has 0 saturated carbocycles. The Morgan fingerprint density at radius 1 is 1.22 bits per heavy atom. The quantitative estimate of drug-likeness (QED) is 0.574. The van der Waals surface area contributed by atoms with Crippen LogP contribution in [0.2, 0.25) is 0 Å². The molecule has 2 nitrogen and oxygen atoms in total. The summed E-state index contributed by atoms with van der Waals surface area (Å²) in [4.78, 5) is 9.57. The van der Waals surface area contributed by atoms with Gasteiger partial charge in [-0.05, 0) is 12.8 Å². The van der Waals surface area contributed by atoms with Crippen LogP contribution in [-0.4, -0.2) is 24.3 Å². The number of hydrogen-bond acceptors (Lipinski definition) is 2. The fourth-order valence-corrected chi connectivity index (χ4v) is 3.21. The molecule has 3 heteroatoms. The standard InChI is InChI=1S/C6H14O2P/c1-8-9(7)5-3-2-4-6-9/h7H,2-6H2,1H3. The molecule has 0 atom stereocenters. The first-order chi connectivity index (χ1) is 4.27. The van der Waals surface area contributed by atoms with Gasteiger partial charge in [0.15, 0.2) is 0 Å². The highest BCUT2D eigenvalue weighted by atomic mass is 31.2. The normalized spacial score (nSPS) is 26.0. The van der Waals surface area contributed by atoms with Crippen LogP contribution in [0.25, 0.3) is 0 Å². The van der Waals surface area contributed by atoms with Crippen LogP contribution in [-0.2, 0) is 4.52 Å². The average Bonchev–Trinajstić information content (AvgIpc) is 1.90. The maximum absolute atomic E-state index is 9.57. The van der Waals surface area contributed by atoms with Gasteiger partial charge in [-0.2, -0.15) is 0 Å². The lowest BCUT2D eigenvalue weighted by Crippen LogP contribution is -2.10. The summed E-state index contributed by atoms with van der Waals surface area (Å²) in [6.45, 7) is 0. The van der Waals surface area contributed by atoms with E-state index in [1.165, 1.54) is 6.42 Å². The van der Waals surface area contributed by atoms with Gasteiger partial charge in [0, 0.05) is 19.4 Å². The molecule has 0 aliphatic carbocycles. The summed E-state index contributed by atoms with van der Waals surface area (Å²) in [6, 6.07) is 0. The van der Waals surface area contributed by atoms with Gasteiger partial charge in [-0.1, -0.05) is 6.42 Å². The Kier molecular flexibility index (Phi) is 2.45. The zero-order valence-electron chi connectivity index (χ0n) is 5.84. The molecule has 55 valence electrons. The molecule has 0 amide bonds. The van der Waals surface area contributed by atoms with E-state index in [1.54, 1.807) is 7.11 Å². The highest BCUT2D eigenvalue weighted by Crippen LogP contribution is 2.58. The summed E-state index contributed by atoms with van der Waals surface area (Å²) in [5.41, 5.74) is 0. The smallest absolute Gasteiger partial charge is 0.0984 e. The van der Waals surface area contributed by atoms with Crippen LogP contribution in [0.5, 0.6) is 0 Å². The van der Waals surface area contributed by atoms with Gasteiger partial charge < -0.3 is 9.42 Å². The molecular formula is C6H14O2P. The predicted molar refractivity (Wildman–Crippen MR) is 39.7 cm³/mol. The molecule has 1 aliphatic rings. The van der Waals surface area contributed by atoms with E-state index in [0.717, 1.165) is 25.2 Å². The SMILES string of the molecule is CO[P]1(O)CCCCC1. The first kappa shape index (κ1) is 7.46. The third-order valence-corrected chi connectivity index (χ3v) is 4.56. The van der Waals surface area contributed by atoms with E-state index in [9.17, 15) is 4.89 Å². The molecule has 0 unspecified atom stereocenters. The highest BCUT2D eigenvalue weighted by molar-refractivity contribution is 7.65. The largest absolute Gasteiger partial charge is 0.356 e. The first-order valence-corrected chi connectivity index (χ1v) is 5.45. The zero-order valence-corrected chi connectivity index (χ0v) is 6.73. The van der Waals surface area contributed by atoms with Gasteiger partial charge >= 0.3 is 0 Å². The van der Waals surface area contributed by atoms with Crippen molar-refractivity contribution in [2.75, 3.05) is 19.4 Å². The molecule has 0 aromatic rings. The second kappa shape index (κ2) is 2.96. The van der Waals surface area contributed by atoms with Gasteiger partial charge in [0.2, 0.25) is 0 Å². The van der Waals surface area contributed by atoms with Crippen molar-refractivity contribution in [1.82, 2.24) is 0 Å². The van der Waals surface area contributed by atoms with E-state index in [1.807, 2.05) is 0 Å².